The maximum Gasteiger partial charge on any atom is 0.101 e. The van der Waals surface area contributed by atoms with Crippen LogP contribution in [0.2, 0.25) is 0 Å². The molecule has 0 aliphatic carbocycles. The number of fused-ring (bicyclic) bond motifs is 2. The van der Waals surface area contributed by atoms with E-state index >= 15 is 0 Å². The van der Waals surface area contributed by atoms with Crippen molar-refractivity contribution < 1.29 is 0 Å². The molecule has 0 amide bonds. The quantitative estimate of drug-likeness (QED) is 0.174. The lowest BCUT2D eigenvalue weighted by Gasteiger charge is -2.27. The van der Waals surface area contributed by atoms with Crippen molar-refractivity contribution in [2.45, 2.75) is 12.1 Å². The maximum absolute atomic E-state index is 5.40. The molecule has 6 aromatic carbocycles. The fourth-order valence-corrected chi connectivity index (χ4v) is 11.8. The van der Waals surface area contributed by atoms with E-state index in [1.807, 2.05) is 0 Å². The molecule has 0 aromatic heterocycles. The summed E-state index contributed by atoms with van der Waals surface area (Å²) in [5.41, 5.74) is 4.69. The molecule has 0 unspecified atom stereocenters. The number of hydrogen-bond donors (Lipinski definition) is 0. The van der Waals surface area contributed by atoms with Crippen molar-refractivity contribution >= 4 is 49.5 Å². The molecule has 0 N–H and O–H groups in total. The molecular formula is C42H36N2P2. The van der Waals surface area contributed by atoms with E-state index < -0.39 is 15.8 Å². The predicted octanol–water partition coefficient (Wildman–Crippen LogP) is 8.59. The highest BCUT2D eigenvalue weighted by atomic mass is 31.1. The summed E-state index contributed by atoms with van der Waals surface area (Å²) >= 11 is 0. The van der Waals surface area contributed by atoms with E-state index in [1.54, 1.807) is 0 Å². The van der Waals surface area contributed by atoms with Gasteiger partial charge in [0, 0.05) is 23.6 Å². The molecule has 224 valence electrons. The van der Waals surface area contributed by atoms with Crippen molar-refractivity contribution in [2.75, 3.05) is 12.3 Å². The minimum atomic E-state index is -0.629. The Morgan fingerprint density at radius 3 is 1.09 bits per heavy atom. The summed E-state index contributed by atoms with van der Waals surface area (Å²) in [6.45, 7) is 0. The monoisotopic (exact) mass is 630 g/mol. The van der Waals surface area contributed by atoms with Gasteiger partial charge in [-0.2, -0.15) is 0 Å². The molecule has 0 spiro atoms. The van der Waals surface area contributed by atoms with Gasteiger partial charge in [-0.15, -0.1) is 0 Å². The molecule has 46 heavy (non-hydrogen) atoms. The zero-order chi connectivity index (χ0) is 31.0. The van der Waals surface area contributed by atoms with E-state index in [9.17, 15) is 0 Å². The summed E-state index contributed by atoms with van der Waals surface area (Å²) in [7, 11) is -1.26. The molecule has 1 heterocycles. The van der Waals surface area contributed by atoms with Crippen molar-refractivity contribution in [1.82, 2.24) is 0 Å². The molecule has 0 radical (unpaired) electrons. The van der Waals surface area contributed by atoms with Gasteiger partial charge in [-0.1, -0.05) is 170 Å². The van der Waals surface area contributed by atoms with Crippen molar-refractivity contribution in [2.24, 2.45) is 9.98 Å². The maximum atomic E-state index is 5.40. The molecule has 0 saturated heterocycles. The van der Waals surface area contributed by atoms with Gasteiger partial charge in [-0.3, -0.25) is 9.98 Å². The van der Waals surface area contributed by atoms with Crippen LogP contribution >= 0.6 is 15.8 Å². The Morgan fingerprint density at radius 1 is 0.370 bits per heavy atom. The van der Waals surface area contributed by atoms with Crippen LogP contribution in [-0.2, 0) is 0 Å². The van der Waals surface area contributed by atoms with Crippen LogP contribution in [0.3, 0.4) is 0 Å². The highest BCUT2D eigenvalue weighted by Crippen LogP contribution is 2.43. The van der Waals surface area contributed by atoms with Crippen molar-refractivity contribution in [3.63, 3.8) is 0 Å². The Hall–Kier alpha value is -4.48. The molecule has 1 aliphatic rings. The molecule has 4 heteroatoms. The van der Waals surface area contributed by atoms with Gasteiger partial charge < -0.3 is 0 Å². The lowest BCUT2D eigenvalue weighted by atomic mass is 9.94. The highest BCUT2D eigenvalue weighted by molar-refractivity contribution is 7.76. The van der Waals surface area contributed by atoms with Crippen molar-refractivity contribution in [1.29, 1.82) is 0 Å². The average Bonchev–Trinajstić information content (AvgIpc) is 3.13. The van der Waals surface area contributed by atoms with Gasteiger partial charge in [0.1, 0.15) is 12.1 Å². The van der Waals surface area contributed by atoms with Crippen LogP contribution in [0.4, 0.5) is 0 Å². The summed E-state index contributed by atoms with van der Waals surface area (Å²) in [6.07, 6.45) is 6.42. The molecule has 6 aromatic rings. The predicted molar refractivity (Wildman–Crippen MR) is 201 cm³/mol. The van der Waals surface area contributed by atoms with Crippen LogP contribution in [0.15, 0.2) is 180 Å². The highest BCUT2D eigenvalue weighted by Gasteiger charge is 2.26. The van der Waals surface area contributed by atoms with E-state index in [1.165, 1.54) is 32.3 Å². The second-order valence-corrected chi connectivity index (χ2v) is 16.0. The van der Waals surface area contributed by atoms with E-state index in [0.717, 1.165) is 23.5 Å². The number of hydrogen-bond acceptors (Lipinski definition) is 2. The molecule has 0 bridgehead atoms. The number of nitrogens with zero attached hydrogens (tertiary/aromatic N) is 2. The Kier molecular flexibility index (Phi) is 9.67. The summed E-state index contributed by atoms with van der Waals surface area (Å²) in [5, 5.41) is 5.58. The van der Waals surface area contributed by atoms with Crippen molar-refractivity contribution in [3.8, 4) is 0 Å². The molecule has 7 rings (SSSR count). The molecule has 2 nitrogen and oxygen atoms in total. The lowest BCUT2D eigenvalue weighted by Crippen LogP contribution is -2.23. The largest absolute Gasteiger partial charge is 0.282 e. The van der Waals surface area contributed by atoms with Crippen molar-refractivity contribution in [3.05, 3.63) is 192 Å². The first-order chi connectivity index (χ1) is 22.8. The van der Waals surface area contributed by atoms with Gasteiger partial charge in [-0.25, -0.2) is 0 Å². The van der Waals surface area contributed by atoms with E-state index in [-0.39, 0.29) is 12.1 Å². The summed E-state index contributed by atoms with van der Waals surface area (Å²) in [6, 6.07) is 60.9. The first kappa shape index (κ1) is 30.2. The molecular weight excluding hydrogens is 594 g/mol. The molecule has 1 aliphatic heterocycles. The van der Waals surface area contributed by atoms with Crippen LogP contribution in [0.1, 0.15) is 34.3 Å². The summed E-state index contributed by atoms with van der Waals surface area (Å²) in [4.78, 5) is 10.8. The third-order valence-electron chi connectivity index (χ3n) is 8.47. The SMILES string of the molecule is C1=N[C@H](c2ccccc2)[C@@H](c2ccccc2)N=Cc2ccccc2[P@](c2ccccc2)CC[P@](c2ccccc2)c2ccccc21. The Balaban J connectivity index is 1.46. The van der Waals surface area contributed by atoms with Crippen LogP contribution in [0.5, 0.6) is 0 Å². The fraction of sp³-hybridized carbons (Fsp3) is 0.0952. The Morgan fingerprint density at radius 2 is 0.696 bits per heavy atom. The van der Waals surface area contributed by atoms with Crippen LogP contribution in [0.25, 0.3) is 0 Å². The lowest BCUT2D eigenvalue weighted by molar-refractivity contribution is 0.583. The summed E-state index contributed by atoms with van der Waals surface area (Å²) < 4.78 is 0. The van der Waals surface area contributed by atoms with Crippen LogP contribution in [0, 0.1) is 0 Å². The van der Waals surface area contributed by atoms with Gasteiger partial charge >= 0.3 is 0 Å². The smallest absolute Gasteiger partial charge is 0.101 e. The van der Waals surface area contributed by atoms with Crippen LogP contribution in [-0.4, -0.2) is 24.8 Å². The summed E-state index contributed by atoms with van der Waals surface area (Å²) in [5.74, 6) is 0. The number of aliphatic imine (C=N–C) groups is 2. The van der Waals surface area contributed by atoms with E-state index in [4.69, 9.17) is 9.98 Å². The van der Waals surface area contributed by atoms with Crippen LogP contribution < -0.4 is 21.2 Å². The van der Waals surface area contributed by atoms with Gasteiger partial charge in [-0.05, 0) is 60.5 Å². The average molecular weight is 631 g/mol. The van der Waals surface area contributed by atoms with Gasteiger partial charge in [0.05, 0.1) is 0 Å². The standard InChI is InChI=1S/C42H36N2P2/c1-5-17-33(18-6-1)41-42(34-19-7-2-8-20-34)44-32-36-22-14-16-28-40(36)46(38-25-11-4-12-26-38)30-29-45(37-23-9-3-10-24-37)39-27-15-13-21-35(39)31-43-41/h1-28,31-32,41-42H,29-30H2/t41-,42-,45-,46+/m1/s1. The van der Waals surface area contributed by atoms with E-state index in [2.05, 4.69) is 182 Å². The first-order valence-electron chi connectivity index (χ1n) is 15.8. The minimum Gasteiger partial charge on any atom is -0.282 e. The third-order valence-corrected chi connectivity index (χ3v) is 14.0. The van der Waals surface area contributed by atoms with Gasteiger partial charge in [0.15, 0.2) is 0 Å². The second kappa shape index (κ2) is 14.7. The van der Waals surface area contributed by atoms with Gasteiger partial charge in [0.25, 0.3) is 0 Å². The zero-order valence-electron chi connectivity index (χ0n) is 25.7. The normalized spacial score (nSPS) is 19.8. The molecule has 0 fully saturated rings. The third kappa shape index (κ3) is 6.85. The van der Waals surface area contributed by atoms with Gasteiger partial charge in [0.2, 0.25) is 0 Å². The topological polar surface area (TPSA) is 24.7 Å². The minimum absolute atomic E-state index is 0.193. The Labute approximate surface area is 275 Å². The molecule has 0 saturated carbocycles. The Bertz CT molecular complexity index is 1770. The molecule has 4 atom stereocenters. The number of benzene rings is 6. The van der Waals surface area contributed by atoms with E-state index in [0.29, 0.717) is 0 Å². The zero-order valence-corrected chi connectivity index (χ0v) is 27.5. The first-order valence-corrected chi connectivity index (χ1v) is 18.9. The fourth-order valence-electron chi connectivity index (χ4n) is 6.20. The second-order valence-electron chi connectivity index (χ2n) is 11.4. The number of rotatable bonds is 4.